The summed E-state index contributed by atoms with van der Waals surface area (Å²) >= 11 is 6.35. The van der Waals surface area contributed by atoms with Crippen molar-refractivity contribution in [2.24, 2.45) is 5.73 Å². The molecule has 1 aromatic rings. The Labute approximate surface area is 130 Å². The minimum absolute atomic E-state index is 0.0737. The fraction of sp³-hybridized carbons (Fsp3) is 0.500. The topological polar surface area (TPSA) is 56.5 Å². The molecular formula is C16H21ClN2O2. The van der Waals surface area contributed by atoms with Crippen molar-refractivity contribution in [1.29, 1.82) is 0 Å². The molecule has 1 heterocycles. The first-order valence-electron chi connectivity index (χ1n) is 7.48. The van der Waals surface area contributed by atoms with E-state index in [9.17, 15) is 0 Å². The minimum atomic E-state index is 0.0737. The highest BCUT2D eigenvalue weighted by molar-refractivity contribution is 6.32. The molecule has 1 unspecified atom stereocenters. The number of fused-ring (bicyclic) bond motifs is 1. The van der Waals surface area contributed by atoms with Crippen molar-refractivity contribution in [1.82, 2.24) is 5.32 Å². The molecule has 0 saturated carbocycles. The van der Waals surface area contributed by atoms with Gasteiger partial charge in [0.2, 0.25) is 0 Å². The standard InChI is InChI=1S/C16H21ClN2O2/c17-13-8-11(9-15-16(13)21-7-3-6-20-15)14(10-18)19-12-4-1-2-5-12/h1-2,8-9,12,14,19H,3-7,10,18H2. The maximum absolute atomic E-state index is 6.35. The molecule has 1 aromatic carbocycles. The van der Waals surface area contributed by atoms with Crippen LogP contribution >= 0.6 is 11.6 Å². The lowest BCUT2D eigenvalue weighted by Crippen LogP contribution is -2.35. The first kappa shape index (κ1) is 14.7. The van der Waals surface area contributed by atoms with Crippen molar-refractivity contribution in [3.63, 3.8) is 0 Å². The first-order valence-corrected chi connectivity index (χ1v) is 7.86. The van der Waals surface area contributed by atoms with Gasteiger partial charge >= 0.3 is 0 Å². The van der Waals surface area contributed by atoms with Crippen LogP contribution < -0.4 is 20.5 Å². The molecule has 0 aromatic heterocycles. The third-order valence-corrected chi connectivity index (χ3v) is 4.19. The summed E-state index contributed by atoms with van der Waals surface area (Å²) in [5, 5.41) is 4.18. The van der Waals surface area contributed by atoms with E-state index in [0.717, 1.165) is 30.6 Å². The first-order chi connectivity index (χ1) is 10.3. The monoisotopic (exact) mass is 308 g/mol. The average molecular weight is 309 g/mol. The average Bonchev–Trinajstić information content (AvgIpc) is 2.88. The zero-order valence-corrected chi connectivity index (χ0v) is 12.7. The van der Waals surface area contributed by atoms with Crippen molar-refractivity contribution in [3.8, 4) is 11.5 Å². The van der Waals surface area contributed by atoms with Gasteiger partial charge in [-0.25, -0.2) is 0 Å². The van der Waals surface area contributed by atoms with Crippen LogP contribution in [0.4, 0.5) is 0 Å². The number of nitrogens with two attached hydrogens (primary N) is 1. The molecule has 1 aliphatic carbocycles. The van der Waals surface area contributed by atoms with Crippen LogP contribution in [0.2, 0.25) is 5.02 Å². The summed E-state index contributed by atoms with van der Waals surface area (Å²) in [4.78, 5) is 0. The lowest BCUT2D eigenvalue weighted by atomic mass is 10.0. The van der Waals surface area contributed by atoms with Crippen LogP contribution in [-0.2, 0) is 0 Å². The maximum Gasteiger partial charge on any atom is 0.179 e. The summed E-state index contributed by atoms with van der Waals surface area (Å²) in [7, 11) is 0. The highest BCUT2D eigenvalue weighted by Gasteiger charge is 2.21. The van der Waals surface area contributed by atoms with Crippen LogP contribution in [0.1, 0.15) is 30.9 Å². The SMILES string of the molecule is NCC(NC1CC=CC1)c1cc(Cl)c2c(c1)OCCCO2. The Balaban J connectivity index is 1.82. The molecule has 0 amide bonds. The van der Waals surface area contributed by atoms with E-state index >= 15 is 0 Å². The summed E-state index contributed by atoms with van der Waals surface area (Å²) in [6, 6.07) is 4.46. The molecule has 0 spiro atoms. The van der Waals surface area contributed by atoms with Gasteiger partial charge < -0.3 is 20.5 Å². The van der Waals surface area contributed by atoms with Crippen molar-refractivity contribution in [3.05, 3.63) is 34.9 Å². The second-order valence-electron chi connectivity index (χ2n) is 5.48. The van der Waals surface area contributed by atoms with Crippen molar-refractivity contribution < 1.29 is 9.47 Å². The summed E-state index contributed by atoms with van der Waals surface area (Å²) in [5.41, 5.74) is 7.00. The number of ether oxygens (including phenoxy) is 2. The van der Waals surface area contributed by atoms with E-state index in [1.165, 1.54) is 0 Å². The van der Waals surface area contributed by atoms with Gasteiger partial charge in [-0.3, -0.25) is 0 Å². The molecule has 5 heteroatoms. The number of hydrogen-bond donors (Lipinski definition) is 2. The second kappa shape index (κ2) is 6.69. The highest BCUT2D eigenvalue weighted by Crippen LogP contribution is 2.39. The molecule has 21 heavy (non-hydrogen) atoms. The van der Waals surface area contributed by atoms with Crippen LogP contribution in [-0.4, -0.2) is 25.8 Å². The van der Waals surface area contributed by atoms with Crippen LogP contribution in [0, 0.1) is 0 Å². The molecule has 2 aliphatic rings. The Kier molecular flexibility index (Phi) is 4.68. The molecule has 0 radical (unpaired) electrons. The zero-order chi connectivity index (χ0) is 14.7. The molecule has 4 nitrogen and oxygen atoms in total. The fourth-order valence-corrected chi connectivity index (χ4v) is 3.06. The second-order valence-corrected chi connectivity index (χ2v) is 5.88. The van der Waals surface area contributed by atoms with E-state index in [0.29, 0.717) is 36.6 Å². The number of benzene rings is 1. The quantitative estimate of drug-likeness (QED) is 0.840. The summed E-state index contributed by atoms with van der Waals surface area (Å²) in [5.74, 6) is 1.37. The molecule has 114 valence electrons. The van der Waals surface area contributed by atoms with E-state index in [4.69, 9.17) is 26.8 Å². The Bertz CT molecular complexity index is 525. The summed E-state index contributed by atoms with van der Waals surface area (Å²) in [6.07, 6.45) is 7.37. The maximum atomic E-state index is 6.35. The van der Waals surface area contributed by atoms with Crippen LogP contribution in [0.5, 0.6) is 11.5 Å². The largest absolute Gasteiger partial charge is 0.489 e. The van der Waals surface area contributed by atoms with Gasteiger partial charge in [0.1, 0.15) is 0 Å². The predicted molar refractivity (Wildman–Crippen MR) is 84.2 cm³/mol. The number of hydrogen-bond acceptors (Lipinski definition) is 4. The number of nitrogens with one attached hydrogen (secondary N) is 1. The molecule has 0 bridgehead atoms. The normalized spacial score (nSPS) is 19.5. The van der Waals surface area contributed by atoms with E-state index in [-0.39, 0.29) is 6.04 Å². The molecular weight excluding hydrogens is 288 g/mol. The van der Waals surface area contributed by atoms with Gasteiger partial charge in [0.15, 0.2) is 11.5 Å². The third kappa shape index (κ3) is 3.34. The molecule has 0 saturated heterocycles. The summed E-state index contributed by atoms with van der Waals surface area (Å²) in [6.45, 7) is 1.81. The van der Waals surface area contributed by atoms with Crippen molar-refractivity contribution >= 4 is 11.6 Å². The van der Waals surface area contributed by atoms with Crippen LogP contribution in [0.25, 0.3) is 0 Å². The van der Waals surface area contributed by atoms with E-state index in [2.05, 4.69) is 17.5 Å². The van der Waals surface area contributed by atoms with Gasteiger partial charge in [0, 0.05) is 25.0 Å². The molecule has 1 aliphatic heterocycles. The number of rotatable bonds is 4. The Morgan fingerprint density at radius 1 is 1.24 bits per heavy atom. The van der Waals surface area contributed by atoms with Gasteiger partial charge in [-0.15, -0.1) is 0 Å². The molecule has 1 atom stereocenters. The molecule has 3 N–H and O–H groups in total. The van der Waals surface area contributed by atoms with Gasteiger partial charge in [0.25, 0.3) is 0 Å². The lowest BCUT2D eigenvalue weighted by Gasteiger charge is -2.23. The molecule has 0 fully saturated rings. The Hall–Kier alpha value is -1.23. The fourth-order valence-electron chi connectivity index (χ4n) is 2.79. The van der Waals surface area contributed by atoms with E-state index < -0.39 is 0 Å². The number of halogens is 1. The minimum Gasteiger partial charge on any atom is -0.489 e. The smallest absolute Gasteiger partial charge is 0.179 e. The van der Waals surface area contributed by atoms with Gasteiger partial charge in [-0.1, -0.05) is 23.8 Å². The zero-order valence-electron chi connectivity index (χ0n) is 12.0. The van der Waals surface area contributed by atoms with Crippen molar-refractivity contribution in [2.75, 3.05) is 19.8 Å². The summed E-state index contributed by atoms with van der Waals surface area (Å²) < 4.78 is 11.4. The van der Waals surface area contributed by atoms with E-state index in [1.807, 2.05) is 12.1 Å². The Morgan fingerprint density at radius 3 is 2.76 bits per heavy atom. The Morgan fingerprint density at radius 2 is 2.00 bits per heavy atom. The van der Waals surface area contributed by atoms with Gasteiger partial charge in [-0.2, -0.15) is 0 Å². The lowest BCUT2D eigenvalue weighted by molar-refractivity contribution is 0.297. The van der Waals surface area contributed by atoms with E-state index in [1.54, 1.807) is 0 Å². The van der Waals surface area contributed by atoms with Crippen molar-refractivity contribution in [2.45, 2.75) is 31.3 Å². The highest BCUT2D eigenvalue weighted by atomic mass is 35.5. The third-order valence-electron chi connectivity index (χ3n) is 3.91. The van der Waals surface area contributed by atoms with Gasteiger partial charge in [-0.05, 0) is 30.5 Å². The van der Waals surface area contributed by atoms with Crippen LogP contribution in [0.15, 0.2) is 24.3 Å². The van der Waals surface area contributed by atoms with Crippen LogP contribution in [0.3, 0.4) is 0 Å². The van der Waals surface area contributed by atoms with Gasteiger partial charge in [0.05, 0.1) is 18.2 Å². The predicted octanol–water partition coefficient (Wildman–Crippen LogP) is 2.81. The molecule has 3 rings (SSSR count).